The fourth-order valence-corrected chi connectivity index (χ4v) is 3.94. The zero-order valence-electron chi connectivity index (χ0n) is 19.4. The first-order valence-electron chi connectivity index (χ1n) is 10.7. The lowest BCUT2D eigenvalue weighted by molar-refractivity contribution is 0.302. The lowest BCUT2D eigenvalue weighted by Crippen LogP contribution is -2.23. The van der Waals surface area contributed by atoms with Gasteiger partial charge >= 0.3 is 5.69 Å². The summed E-state index contributed by atoms with van der Waals surface area (Å²) in [4.78, 5) is 12.4. The fourth-order valence-electron chi connectivity index (χ4n) is 3.94. The first-order valence-corrected chi connectivity index (χ1v) is 10.7. The molecule has 0 aliphatic carbocycles. The summed E-state index contributed by atoms with van der Waals surface area (Å²) in [6, 6.07) is 16.5. The van der Waals surface area contributed by atoms with E-state index in [2.05, 4.69) is 62.4 Å². The summed E-state index contributed by atoms with van der Waals surface area (Å²) in [6.45, 7) is 10.8. The van der Waals surface area contributed by atoms with Gasteiger partial charge in [-0.05, 0) is 102 Å². The molecular formula is C26H28N4O2. The Kier molecular flexibility index (Phi) is 5.70. The van der Waals surface area contributed by atoms with Gasteiger partial charge in [-0.2, -0.15) is 9.36 Å². The van der Waals surface area contributed by atoms with E-state index in [1.165, 1.54) is 37.2 Å². The maximum Gasteiger partial charge on any atom is 0.368 e. The molecule has 32 heavy (non-hydrogen) atoms. The van der Waals surface area contributed by atoms with E-state index in [0.717, 1.165) is 22.4 Å². The summed E-state index contributed by atoms with van der Waals surface area (Å²) in [5, 5.41) is 7.82. The third-order valence-corrected chi connectivity index (χ3v) is 6.03. The van der Waals surface area contributed by atoms with Crippen molar-refractivity contribution in [2.45, 2.75) is 41.2 Å². The van der Waals surface area contributed by atoms with E-state index in [-0.39, 0.29) is 5.69 Å². The standard InChI is InChI=1S/C26H28N4O2/c1-16-8-7-9-24(30-26(31)29(6)27-28-30)23(16)15-32-25-11-10-21(13-20(25)5)22-14-18(3)17(2)12-19(22)4/h7-14H,15H2,1-6H3. The Morgan fingerprint density at radius 3 is 2.25 bits per heavy atom. The second-order valence-corrected chi connectivity index (χ2v) is 8.39. The average molecular weight is 429 g/mol. The summed E-state index contributed by atoms with van der Waals surface area (Å²) in [5.41, 5.74) is 9.66. The van der Waals surface area contributed by atoms with Crippen molar-refractivity contribution in [1.29, 1.82) is 0 Å². The van der Waals surface area contributed by atoms with Crippen molar-refractivity contribution in [1.82, 2.24) is 19.8 Å². The van der Waals surface area contributed by atoms with E-state index in [0.29, 0.717) is 12.3 Å². The highest BCUT2D eigenvalue weighted by atomic mass is 16.5. The lowest BCUT2D eigenvalue weighted by atomic mass is 9.94. The van der Waals surface area contributed by atoms with Gasteiger partial charge in [-0.1, -0.05) is 30.3 Å². The van der Waals surface area contributed by atoms with Gasteiger partial charge in [0.2, 0.25) is 0 Å². The quantitative estimate of drug-likeness (QED) is 0.460. The molecule has 0 aliphatic rings. The molecule has 0 saturated carbocycles. The van der Waals surface area contributed by atoms with Gasteiger partial charge in [-0.25, -0.2) is 4.79 Å². The Morgan fingerprint density at radius 1 is 0.812 bits per heavy atom. The SMILES string of the molecule is Cc1cc(C)c(-c2ccc(OCc3c(C)cccc3-n3nnn(C)c3=O)c(C)c2)cc1C. The first-order chi connectivity index (χ1) is 15.3. The first kappa shape index (κ1) is 21.6. The Balaban J connectivity index is 1.63. The maximum atomic E-state index is 12.4. The third-order valence-electron chi connectivity index (χ3n) is 6.03. The van der Waals surface area contributed by atoms with E-state index >= 15 is 0 Å². The number of nitrogens with zero attached hydrogens (tertiary/aromatic N) is 4. The van der Waals surface area contributed by atoms with Gasteiger partial charge in [-0.3, -0.25) is 0 Å². The Labute approximate surface area is 188 Å². The normalized spacial score (nSPS) is 11.1. The van der Waals surface area contributed by atoms with Crippen molar-refractivity contribution in [2.24, 2.45) is 7.05 Å². The summed E-state index contributed by atoms with van der Waals surface area (Å²) in [6.07, 6.45) is 0. The molecule has 3 aromatic carbocycles. The highest BCUT2D eigenvalue weighted by Gasteiger charge is 2.14. The number of hydrogen-bond acceptors (Lipinski definition) is 4. The van der Waals surface area contributed by atoms with Crippen LogP contribution in [0.1, 0.15) is 33.4 Å². The van der Waals surface area contributed by atoms with Gasteiger partial charge in [0.1, 0.15) is 12.4 Å². The van der Waals surface area contributed by atoms with Gasteiger partial charge in [0, 0.05) is 12.6 Å². The molecule has 164 valence electrons. The van der Waals surface area contributed by atoms with Crippen molar-refractivity contribution >= 4 is 0 Å². The van der Waals surface area contributed by atoms with Crippen molar-refractivity contribution in [3.05, 3.63) is 92.4 Å². The second kappa shape index (κ2) is 8.46. The van der Waals surface area contributed by atoms with Crippen LogP contribution < -0.4 is 10.4 Å². The van der Waals surface area contributed by atoms with Crippen molar-refractivity contribution in [3.63, 3.8) is 0 Å². The smallest absolute Gasteiger partial charge is 0.368 e. The van der Waals surface area contributed by atoms with Crippen LogP contribution in [0.15, 0.2) is 53.3 Å². The van der Waals surface area contributed by atoms with Crippen molar-refractivity contribution < 1.29 is 4.74 Å². The minimum absolute atomic E-state index is 0.291. The monoisotopic (exact) mass is 428 g/mol. The van der Waals surface area contributed by atoms with Gasteiger partial charge in [0.05, 0.1) is 5.69 Å². The van der Waals surface area contributed by atoms with Crippen LogP contribution in [0.3, 0.4) is 0 Å². The minimum atomic E-state index is -0.291. The largest absolute Gasteiger partial charge is 0.489 e. The number of aryl methyl sites for hydroxylation is 6. The van der Waals surface area contributed by atoms with Crippen LogP contribution in [0.4, 0.5) is 0 Å². The third kappa shape index (κ3) is 3.96. The molecule has 0 amide bonds. The van der Waals surface area contributed by atoms with E-state index in [9.17, 15) is 4.79 Å². The van der Waals surface area contributed by atoms with Gasteiger partial charge in [-0.15, -0.1) is 0 Å². The zero-order chi connectivity index (χ0) is 23.0. The molecule has 6 nitrogen and oxygen atoms in total. The average Bonchev–Trinajstić information content (AvgIpc) is 3.09. The molecule has 0 radical (unpaired) electrons. The Morgan fingerprint density at radius 2 is 1.56 bits per heavy atom. The molecule has 1 heterocycles. The van der Waals surface area contributed by atoms with E-state index in [4.69, 9.17) is 4.74 Å². The second-order valence-electron chi connectivity index (χ2n) is 8.39. The number of rotatable bonds is 5. The van der Waals surface area contributed by atoms with Crippen LogP contribution in [-0.2, 0) is 13.7 Å². The van der Waals surface area contributed by atoms with Crippen LogP contribution in [0.2, 0.25) is 0 Å². The van der Waals surface area contributed by atoms with Crippen molar-refractivity contribution in [3.8, 4) is 22.6 Å². The maximum absolute atomic E-state index is 12.4. The lowest BCUT2D eigenvalue weighted by Gasteiger charge is -2.16. The number of aromatic nitrogens is 4. The molecule has 0 spiro atoms. The molecule has 0 fully saturated rings. The van der Waals surface area contributed by atoms with Crippen LogP contribution in [0.5, 0.6) is 5.75 Å². The summed E-state index contributed by atoms with van der Waals surface area (Å²) >= 11 is 0. The highest BCUT2D eigenvalue weighted by molar-refractivity contribution is 5.70. The van der Waals surface area contributed by atoms with Gasteiger partial charge in [0.15, 0.2) is 0 Å². The van der Waals surface area contributed by atoms with Crippen LogP contribution in [0.25, 0.3) is 16.8 Å². The summed E-state index contributed by atoms with van der Waals surface area (Å²) < 4.78 is 8.73. The molecule has 6 heteroatoms. The fraction of sp³-hybridized carbons (Fsp3) is 0.269. The predicted octanol–water partition coefficient (Wildman–Crippen LogP) is 4.75. The summed E-state index contributed by atoms with van der Waals surface area (Å²) in [5.74, 6) is 0.816. The number of tetrazole rings is 1. The number of hydrogen-bond donors (Lipinski definition) is 0. The topological polar surface area (TPSA) is 61.9 Å². The molecule has 0 saturated heterocycles. The minimum Gasteiger partial charge on any atom is -0.489 e. The zero-order valence-corrected chi connectivity index (χ0v) is 19.4. The molecule has 0 aliphatic heterocycles. The van der Waals surface area contributed by atoms with Crippen LogP contribution in [0, 0.1) is 34.6 Å². The van der Waals surface area contributed by atoms with E-state index in [1.54, 1.807) is 7.05 Å². The van der Waals surface area contributed by atoms with Crippen molar-refractivity contribution in [2.75, 3.05) is 0 Å². The molecule has 0 unspecified atom stereocenters. The van der Waals surface area contributed by atoms with E-state index < -0.39 is 0 Å². The number of ether oxygens (including phenoxy) is 1. The van der Waals surface area contributed by atoms with Gasteiger partial charge in [0.25, 0.3) is 0 Å². The summed E-state index contributed by atoms with van der Waals surface area (Å²) in [7, 11) is 1.58. The molecular weight excluding hydrogens is 400 g/mol. The van der Waals surface area contributed by atoms with Crippen LogP contribution in [-0.4, -0.2) is 19.8 Å². The number of benzene rings is 3. The molecule has 4 rings (SSSR count). The Hall–Kier alpha value is -3.67. The molecule has 0 bridgehead atoms. The van der Waals surface area contributed by atoms with Gasteiger partial charge < -0.3 is 4.74 Å². The molecule has 1 aromatic heterocycles. The molecule has 0 N–H and O–H groups in total. The molecule has 0 atom stereocenters. The predicted molar refractivity (Wildman–Crippen MR) is 126 cm³/mol. The highest BCUT2D eigenvalue weighted by Crippen LogP contribution is 2.31. The van der Waals surface area contributed by atoms with E-state index in [1.807, 2.05) is 31.2 Å². The van der Waals surface area contributed by atoms with Crippen LogP contribution >= 0.6 is 0 Å². The molecule has 4 aromatic rings. The Bertz CT molecular complexity index is 1360.